The minimum absolute atomic E-state index is 0.000772. The van der Waals surface area contributed by atoms with Crippen molar-refractivity contribution in [2.75, 3.05) is 7.11 Å². The summed E-state index contributed by atoms with van der Waals surface area (Å²) in [7, 11) is -3.04. The average molecular weight is 425 g/mol. The molecule has 0 bridgehead atoms. The van der Waals surface area contributed by atoms with E-state index < -0.39 is 21.5 Å². The Morgan fingerprint density at radius 3 is 2.36 bits per heavy atom. The normalized spacial score (nSPS) is 12.8. The summed E-state index contributed by atoms with van der Waals surface area (Å²) in [5.41, 5.74) is 1.63. The second kappa shape index (κ2) is 9.71. The maximum atomic E-state index is 11.7. The summed E-state index contributed by atoms with van der Waals surface area (Å²) < 4.78 is 64.4. The number of benzene rings is 2. The van der Waals surface area contributed by atoms with Crippen LogP contribution in [0.4, 0.5) is 0 Å². The van der Waals surface area contributed by atoms with Gasteiger partial charge in [0.2, 0.25) is 0 Å². The predicted molar refractivity (Wildman–Crippen MR) is 102 cm³/mol. The molecule has 0 saturated carbocycles. The van der Waals surface area contributed by atoms with E-state index >= 15 is 0 Å². The number of carbonyl (C=O) groups is 1. The molecule has 0 aliphatic heterocycles. The van der Waals surface area contributed by atoms with Crippen molar-refractivity contribution in [3.63, 3.8) is 0 Å². The van der Waals surface area contributed by atoms with Crippen molar-refractivity contribution in [3.8, 4) is 5.75 Å². The molecule has 2 rings (SSSR count). The summed E-state index contributed by atoms with van der Waals surface area (Å²) in [6, 6.07) is 8.95. The van der Waals surface area contributed by atoms with Crippen molar-refractivity contribution in [1.82, 2.24) is 0 Å². The lowest BCUT2D eigenvalue weighted by Gasteiger charge is -2.12. The molecular formula is C18H17O8S2-. The van der Waals surface area contributed by atoms with Crippen LogP contribution in [0.25, 0.3) is 12.2 Å². The van der Waals surface area contributed by atoms with Crippen molar-refractivity contribution >= 4 is 39.9 Å². The molecule has 1 N–H and O–H groups in total. The van der Waals surface area contributed by atoms with Crippen LogP contribution < -0.4 is 4.18 Å². The highest BCUT2D eigenvalue weighted by Gasteiger charge is 2.15. The molecule has 2 aromatic carbocycles. The van der Waals surface area contributed by atoms with Gasteiger partial charge in [-0.15, -0.1) is 0 Å². The van der Waals surface area contributed by atoms with Crippen molar-refractivity contribution in [1.29, 1.82) is 0 Å². The van der Waals surface area contributed by atoms with Gasteiger partial charge >= 0.3 is 0 Å². The molecule has 10 heteroatoms. The third-order valence-corrected chi connectivity index (χ3v) is 4.89. The number of hydrogen-bond acceptors (Lipinski definition) is 7. The number of carbonyl (C=O) groups excluding carboxylic acids is 1. The zero-order chi connectivity index (χ0) is 20.7. The predicted octanol–water partition coefficient (Wildman–Crippen LogP) is 2.16. The van der Waals surface area contributed by atoms with Crippen LogP contribution in [-0.4, -0.2) is 35.1 Å². The molecule has 0 aliphatic carbocycles. The number of rotatable bonds is 9. The maximum absolute atomic E-state index is 11.7. The number of hydrogen-bond donors (Lipinski definition) is 1. The van der Waals surface area contributed by atoms with Gasteiger partial charge in [-0.3, -0.25) is 4.55 Å². The summed E-state index contributed by atoms with van der Waals surface area (Å²) in [6.45, 7) is 0.247. The lowest BCUT2D eigenvalue weighted by atomic mass is 10.1. The van der Waals surface area contributed by atoms with Crippen molar-refractivity contribution in [2.45, 2.75) is 17.9 Å². The van der Waals surface area contributed by atoms with Crippen LogP contribution in [0.5, 0.6) is 5.75 Å². The summed E-state index contributed by atoms with van der Waals surface area (Å²) in [6.07, 6.45) is 3.45. The zero-order valence-electron chi connectivity index (χ0n) is 14.7. The van der Waals surface area contributed by atoms with E-state index in [1.54, 1.807) is 18.2 Å². The SMILES string of the molecule is COCc1ccc(/C=C/c2ccc(CC=O)cc2S(=O)(=O)O)c(OS(=O)[O-])c1. The van der Waals surface area contributed by atoms with Crippen molar-refractivity contribution in [2.24, 2.45) is 0 Å². The van der Waals surface area contributed by atoms with Gasteiger partial charge < -0.3 is 18.3 Å². The van der Waals surface area contributed by atoms with Gasteiger partial charge in [0.05, 0.1) is 6.61 Å². The largest absolute Gasteiger partial charge is 0.740 e. The van der Waals surface area contributed by atoms with Gasteiger partial charge in [-0.05, 0) is 28.8 Å². The first kappa shape index (κ1) is 21.9. The third-order valence-electron chi connectivity index (χ3n) is 3.66. The number of methoxy groups -OCH3 is 1. The summed E-state index contributed by atoms with van der Waals surface area (Å²) in [4.78, 5) is 10.3. The topological polar surface area (TPSA) is 130 Å². The number of ether oxygens (including phenoxy) is 1. The Morgan fingerprint density at radius 1 is 1.11 bits per heavy atom. The third kappa shape index (κ3) is 6.08. The highest BCUT2D eigenvalue weighted by atomic mass is 32.2. The van der Waals surface area contributed by atoms with E-state index in [-0.39, 0.29) is 29.2 Å². The molecule has 0 saturated heterocycles. The van der Waals surface area contributed by atoms with Crippen LogP contribution in [0.15, 0.2) is 41.3 Å². The molecule has 0 spiro atoms. The maximum Gasteiger partial charge on any atom is 0.295 e. The van der Waals surface area contributed by atoms with Crippen molar-refractivity contribution < 1.29 is 35.4 Å². The molecule has 0 fully saturated rings. The van der Waals surface area contributed by atoms with Crippen LogP contribution >= 0.6 is 0 Å². The highest BCUT2D eigenvalue weighted by molar-refractivity contribution is 7.86. The summed E-state index contributed by atoms with van der Waals surface area (Å²) in [5.74, 6) is 0.0325. The zero-order valence-corrected chi connectivity index (χ0v) is 16.4. The second-order valence-electron chi connectivity index (χ2n) is 5.64. The monoisotopic (exact) mass is 425 g/mol. The molecule has 0 amide bonds. The van der Waals surface area contributed by atoms with E-state index in [9.17, 15) is 26.5 Å². The van der Waals surface area contributed by atoms with Crippen molar-refractivity contribution in [3.05, 3.63) is 58.7 Å². The van der Waals surface area contributed by atoms with Gasteiger partial charge in [-0.2, -0.15) is 8.42 Å². The Balaban J connectivity index is 2.47. The highest BCUT2D eigenvalue weighted by Crippen LogP contribution is 2.26. The molecule has 8 nitrogen and oxygen atoms in total. The van der Waals surface area contributed by atoms with Crippen LogP contribution in [0, 0.1) is 0 Å². The lowest BCUT2D eigenvalue weighted by Crippen LogP contribution is -2.03. The van der Waals surface area contributed by atoms with E-state index in [1.807, 2.05) is 0 Å². The van der Waals surface area contributed by atoms with Gasteiger partial charge in [0, 0.05) is 19.1 Å². The van der Waals surface area contributed by atoms with Gasteiger partial charge in [0.1, 0.15) is 28.3 Å². The summed E-state index contributed by atoms with van der Waals surface area (Å²) >= 11 is -2.80. The van der Waals surface area contributed by atoms with Crippen LogP contribution in [0.2, 0.25) is 0 Å². The summed E-state index contributed by atoms with van der Waals surface area (Å²) in [5, 5.41) is 0. The van der Waals surface area contributed by atoms with Crippen LogP contribution in [0.3, 0.4) is 0 Å². The molecular weight excluding hydrogens is 408 g/mol. The van der Waals surface area contributed by atoms with E-state index in [4.69, 9.17) is 8.92 Å². The van der Waals surface area contributed by atoms with Gasteiger partial charge in [-0.1, -0.05) is 36.4 Å². The molecule has 0 radical (unpaired) electrons. The minimum atomic E-state index is -4.54. The van der Waals surface area contributed by atoms with Gasteiger partial charge in [0.15, 0.2) is 0 Å². The molecule has 1 atom stereocenters. The first-order valence-corrected chi connectivity index (χ1v) is 10.3. The van der Waals surface area contributed by atoms with Gasteiger partial charge in [0.25, 0.3) is 10.1 Å². The molecule has 150 valence electrons. The Kier molecular flexibility index (Phi) is 7.61. The lowest BCUT2D eigenvalue weighted by molar-refractivity contribution is -0.107. The number of aldehydes is 1. The Labute approximate surface area is 165 Å². The minimum Gasteiger partial charge on any atom is -0.740 e. The van der Waals surface area contributed by atoms with E-state index in [0.717, 1.165) is 0 Å². The first-order valence-electron chi connectivity index (χ1n) is 7.86. The standard InChI is InChI=1S/C18H18O8S2/c1-25-12-14-3-4-15(17(10-14)26-27(20)21)6-7-16-5-2-13(8-9-19)11-18(16)28(22,23)24/h2-7,9-11H,8,12H2,1H3,(H,20,21)(H,22,23,24)/p-1/b7-6+. The molecule has 0 aromatic heterocycles. The fraction of sp³-hybridized carbons (Fsp3) is 0.167. The average Bonchev–Trinajstić information content (AvgIpc) is 2.61. The van der Waals surface area contributed by atoms with E-state index in [1.165, 1.54) is 37.5 Å². The molecule has 0 heterocycles. The molecule has 0 aliphatic rings. The Bertz CT molecular complexity index is 1010. The molecule has 2 aromatic rings. The van der Waals surface area contributed by atoms with E-state index in [0.29, 0.717) is 23.0 Å². The van der Waals surface area contributed by atoms with Gasteiger partial charge in [-0.25, -0.2) is 4.21 Å². The smallest absolute Gasteiger partial charge is 0.295 e. The Hall–Kier alpha value is -2.37. The van der Waals surface area contributed by atoms with E-state index in [2.05, 4.69) is 0 Å². The second-order valence-corrected chi connectivity index (χ2v) is 7.61. The first-order chi connectivity index (χ1) is 13.2. The van der Waals surface area contributed by atoms with Crippen LogP contribution in [-0.2, 0) is 44.0 Å². The quantitative estimate of drug-likeness (QED) is 0.280. The molecule has 28 heavy (non-hydrogen) atoms. The fourth-order valence-electron chi connectivity index (χ4n) is 2.46. The fourth-order valence-corrected chi connectivity index (χ4v) is 3.49. The molecule has 1 unspecified atom stereocenters. The Morgan fingerprint density at radius 2 is 1.75 bits per heavy atom. The van der Waals surface area contributed by atoms with Crippen LogP contribution in [0.1, 0.15) is 22.3 Å².